The minimum Gasteiger partial charge on any atom is -0.455 e. The third kappa shape index (κ3) is 2.79. The van der Waals surface area contributed by atoms with E-state index in [1.165, 1.54) is 44.2 Å². The zero-order chi connectivity index (χ0) is 29.6. The van der Waals surface area contributed by atoms with Gasteiger partial charge in [-0.25, -0.2) is 9.97 Å². The molecule has 0 bridgehead atoms. The van der Waals surface area contributed by atoms with Crippen LogP contribution in [-0.2, 0) is 5.41 Å². The van der Waals surface area contributed by atoms with Gasteiger partial charge in [0.1, 0.15) is 16.7 Å². The van der Waals surface area contributed by atoms with Gasteiger partial charge < -0.3 is 4.42 Å². The van der Waals surface area contributed by atoms with E-state index in [0.29, 0.717) is 0 Å². The van der Waals surface area contributed by atoms with Crippen LogP contribution in [0, 0.1) is 0 Å². The smallest absolute Gasteiger partial charge is 0.165 e. The fourth-order valence-electron chi connectivity index (χ4n) is 8.36. The van der Waals surface area contributed by atoms with E-state index in [-0.39, 0.29) is 5.41 Å². The van der Waals surface area contributed by atoms with Crippen LogP contribution in [0.3, 0.4) is 0 Å². The van der Waals surface area contributed by atoms with Gasteiger partial charge >= 0.3 is 0 Å². The van der Waals surface area contributed by atoms with Crippen molar-refractivity contribution >= 4 is 71.3 Å². The van der Waals surface area contributed by atoms with E-state index in [4.69, 9.17) is 14.4 Å². The van der Waals surface area contributed by atoms with E-state index in [0.717, 1.165) is 60.6 Å². The Hall–Kier alpha value is -5.74. The van der Waals surface area contributed by atoms with E-state index in [2.05, 4.69) is 103 Å². The third-order valence-electron chi connectivity index (χ3n) is 10.3. The lowest BCUT2D eigenvalue weighted by atomic mass is 9.79. The van der Waals surface area contributed by atoms with Crippen molar-refractivity contribution in [1.82, 2.24) is 14.4 Å². The molecule has 0 saturated carbocycles. The van der Waals surface area contributed by atoms with Gasteiger partial charge in [-0.05, 0) is 69.8 Å². The summed E-state index contributed by atoms with van der Waals surface area (Å²) in [5, 5.41) is 5.66. The van der Waals surface area contributed by atoms with Crippen molar-refractivity contribution < 1.29 is 4.42 Å². The van der Waals surface area contributed by atoms with Gasteiger partial charge in [-0.1, -0.05) is 92.7 Å². The first-order valence-electron chi connectivity index (χ1n) is 15.5. The molecule has 0 spiro atoms. The zero-order valence-electron chi connectivity index (χ0n) is 24.7. The molecule has 0 atom stereocenters. The van der Waals surface area contributed by atoms with E-state index in [1.807, 2.05) is 30.3 Å². The number of benzene rings is 6. The molecular weight excluding hydrogens is 550 g/mol. The first kappa shape index (κ1) is 23.7. The molecular formula is C41H25N3O. The molecule has 4 nitrogen and oxygen atoms in total. The minimum absolute atomic E-state index is 0.0957. The molecule has 10 aromatic rings. The van der Waals surface area contributed by atoms with Crippen LogP contribution in [0.25, 0.3) is 93.6 Å². The van der Waals surface area contributed by atoms with Crippen LogP contribution in [0.2, 0.25) is 0 Å². The maximum Gasteiger partial charge on any atom is 0.165 e. The van der Waals surface area contributed by atoms with Crippen molar-refractivity contribution in [2.24, 2.45) is 0 Å². The van der Waals surface area contributed by atoms with Gasteiger partial charge in [-0.2, -0.15) is 0 Å². The van der Waals surface area contributed by atoms with Crippen molar-refractivity contribution in [3.63, 3.8) is 0 Å². The summed E-state index contributed by atoms with van der Waals surface area (Å²) >= 11 is 0. The minimum atomic E-state index is -0.0957. The fourth-order valence-corrected chi connectivity index (χ4v) is 8.36. The van der Waals surface area contributed by atoms with E-state index in [1.54, 1.807) is 0 Å². The molecule has 1 aliphatic carbocycles. The van der Waals surface area contributed by atoms with Gasteiger partial charge in [0.2, 0.25) is 0 Å². The molecule has 0 fully saturated rings. The Morgan fingerprint density at radius 1 is 0.622 bits per heavy atom. The SMILES string of the molecule is CC1(C)c2ccccc2-c2cccc(-c3ccc4c(c3)c3cc5c6ccccc6oc5c5c6nc7ccccc7nc6n4c35)c21. The summed E-state index contributed by atoms with van der Waals surface area (Å²) in [6, 6.07) is 41.3. The molecule has 0 radical (unpaired) electrons. The average Bonchev–Trinajstić information content (AvgIpc) is 3.77. The van der Waals surface area contributed by atoms with Crippen LogP contribution in [0.1, 0.15) is 25.0 Å². The van der Waals surface area contributed by atoms with Crippen LogP contribution < -0.4 is 0 Å². The predicted octanol–water partition coefficient (Wildman–Crippen LogP) is 10.7. The normalized spacial score (nSPS) is 14.2. The molecule has 0 amide bonds. The van der Waals surface area contributed by atoms with E-state index in [9.17, 15) is 0 Å². The summed E-state index contributed by atoms with van der Waals surface area (Å²) in [7, 11) is 0. The van der Waals surface area contributed by atoms with Crippen LogP contribution >= 0.6 is 0 Å². The first-order chi connectivity index (χ1) is 22.1. The number of hydrogen-bond acceptors (Lipinski definition) is 3. The Bertz CT molecular complexity index is 2910. The quantitative estimate of drug-likeness (QED) is 0.196. The highest BCUT2D eigenvalue weighted by atomic mass is 16.3. The lowest BCUT2D eigenvalue weighted by molar-refractivity contribution is 0.662. The summed E-state index contributed by atoms with van der Waals surface area (Å²) in [5.41, 5.74) is 15.4. The summed E-state index contributed by atoms with van der Waals surface area (Å²) in [5.74, 6) is 0. The average molecular weight is 576 g/mol. The molecule has 6 aromatic carbocycles. The molecule has 0 aliphatic heterocycles. The molecule has 11 rings (SSSR count). The topological polar surface area (TPSA) is 43.3 Å². The van der Waals surface area contributed by atoms with E-state index >= 15 is 0 Å². The maximum atomic E-state index is 6.60. The standard InChI is InChI=1S/C41H25N3O/c1-41(2)30-14-5-3-10-24(30)26-13-9-12-23(36(26)41)22-18-19-33-27(20-22)28-21-29-25-11-4-8-17-34(25)45-39(29)35-37-40(44(33)38(28)35)43-32-16-7-6-15-31(32)42-37/h3-21H,1-2H3. The number of rotatable bonds is 1. The lowest BCUT2D eigenvalue weighted by Crippen LogP contribution is -2.16. The lowest BCUT2D eigenvalue weighted by Gasteiger charge is -2.24. The number of furan rings is 1. The largest absolute Gasteiger partial charge is 0.455 e. The third-order valence-corrected chi connectivity index (χ3v) is 10.3. The maximum absolute atomic E-state index is 6.60. The van der Waals surface area contributed by atoms with Gasteiger partial charge in [-0.15, -0.1) is 0 Å². The van der Waals surface area contributed by atoms with Gasteiger partial charge in [0.05, 0.1) is 27.5 Å². The molecule has 4 heterocycles. The predicted molar refractivity (Wildman–Crippen MR) is 184 cm³/mol. The molecule has 0 saturated heterocycles. The Morgan fingerprint density at radius 2 is 1.38 bits per heavy atom. The highest BCUT2D eigenvalue weighted by Gasteiger charge is 2.37. The Balaban J connectivity index is 1.29. The summed E-state index contributed by atoms with van der Waals surface area (Å²) < 4.78 is 8.90. The number of hydrogen-bond donors (Lipinski definition) is 0. The van der Waals surface area contributed by atoms with Crippen LogP contribution in [0.4, 0.5) is 0 Å². The van der Waals surface area contributed by atoms with Crippen LogP contribution in [0.15, 0.2) is 120 Å². The number of para-hydroxylation sites is 3. The van der Waals surface area contributed by atoms with Crippen LogP contribution in [-0.4, -0.2) is 14.4 Å². The molecule has 4 heteroatoms. The number of fused-ring (bicyclic) bond motifs is 14. The zero-order valence-corrected chi connectivity index (χ0v) is 24.7. The van der Waals surface area contributed by atoms with Crippen molar-refractivity contribution in [2.45, 2.75) is 19.3 Å². The Morgan fingerprint density at radius 3 is 2.29 bits per heavy atom. The number of nitrogens with zero attached hydrogens (tertiary/aromatic N) is 3. The van der Waals surface area contributed by atoms with Gasteiger partial charge in [-0.3, -0.25) is 4.40 Å². The van der Waals surface area contributed by atoms with Gasteiger partial charge in [0.15, 0.2) is 5.65 Å². The summed E-state index contributed by atoms with van der Waals surface area (Å²) in [4.78, 5) is 10.4. The van der Waals surface area contributed by atoms with Crippen LogP contribution in [0.5, 0.6) is 0 Å². The van der Waals surface area contributed by atoms with Gasteiger partial charge in [0.25, 0.3) is 0 Å². The van der Waals surface area contributed by atoms with Crippen molar-refractivity contribution in [2.75, 3.05) is 0 Å². The molecule has 210 valence electrons. The fraction of sp³-hybridized carbons (Fsp3) is 0.0732. The molecule has 0 unspecified atom stereocenters. The molecule has 45 heavy (non-hydrogen) atoms. The summed E-state index contributed by atoms with van der Waals surface area (Å²) in [6.45, 7) is 4.72. The first-order valence-corrected chi connectivity index (χ1v) is 15.5. The number of aromatic nitrogens is 3. The monoisotopic (exact) mass is 575 g/mol. The van der Waals surface area contributed by atoms with Crippen molar-refractivity contribution in [1.29, 1.82) is 0 Å². The molecule has 0 N–H and O–H groups in total. The van der Waals surface area contributed by atoms with Gasteiger partial charge in [0, 0.05) is 27.0 Å². The van der Waals surface area contributed by atoms with Crippen molar-refractivity contribution in [3.05, 3.63) is 126 Å². The highest BCUT2D eigenvalue weighted by molar-refractivity contribution is 6.32. The Labute approximate surface area is 257 Å². The van der Waals surface area contributed by atoms with Crippen molar-refractivity contribution in [3.8, 4) is 22.3 Å². The second-order valence-corrected chi connectivity index (χ2v) is 13.0. The molecule has 4 aromatic heterocycles. The summed E-state index contributed by atoms with van der Waals surface area (Å²) in [6.07, 6.45) is 0. The second kappa shape index (κ2) is 7.85. The molecule has 1 aliphatic rings. The Kier molecular flexibility index (Phi) is 4.13. The highest BCUT2D eigenvalue weighted by Crippen LogP contribution is 2.53. The second-order valence-electron chi connectivity index (χ2n) is 13.0. The van der Waals surface area contributed by atoms with E-state index < -0.39 is 0 Å².